The van der Waals surface area contributed by atoms with E-state index in [1.807, 2.05) is 11.9 Å². The number of hydrogen-bond donors (Lipinski definition) is 1. The number of benzene rings is 1. The molecule has 1 atom stereocenters. The Kier molecular flexibility index (Phi) is 2.95. The topological polar surface area (TPSA) is 23.5 Å². The van der Waals surface area contributed by atoms with Crippen LogP contribution in [-0.4, -0.2) is 30.1 Å². The van der Waals surface area contributed by atoms with Crippen LogP contribution >= 0.6 is 0 Å². The van der Waals surface area contributed by atoms with E-state index in [1.165, 1.54) is 6.07 Å². The highest BCUT2D eigenvalue weighted by Crippen LogP contribution is 2.31. The Morgan fingerprint density at radius 1 is 1.31 bits per heavy atom. The van der Waals surface area contributed by atoms with Crippen LogP contribution in [0, 0.1) is 11.6 Å². The van der Waals surface area contributed by atoms with Crippen molar-refractivity contribution in [1.29, 1.82) is 0 Å². The lowest BCUT2D eigenvalue weighted by molar-refractivity contribution is -0.0280. The SMILES string of the molecule is CN1CCCC(O)(c2ccc(F)c(F)c2)C1. The number of likely N-dealkylation sites (N-methyl/N-ethyl adjacent to an activating group) is 1. The first-order chi connectivity index (χ1) is 7.51. The summed E-state index contributed by atoms with van der Waals surface area (Å²) in [5.74, 6) is -1.78. The van der Waals surface area contributed by atoms with Gasteiger partial charge in [0.05, 0.1) is 0 Å². The van der Waals surface area contributed by atoms with Gasteiger partial charge in [-0.15, -0.1) is 0 Å². The predicted molar refractivity (Wildman–Crippen MR) is 57.0 cm³/mol. The van der Waals surface area contributed by atoms with E-state index in [1.54, 1.807) is 0 Å². The van der Waals surface area contributed by atoms with Gasteiger partial charge >= 0.3 is 0 Å². The number of aliphatic hydroxyl groups is 1. The Morgan fingerprint density at radius 3 is 2.69 bits per heavy atom. The molecule has 0 spiro atoms. The number of hydrogen-bond acceptors (Lipinski definition) is 2. The van der Waals surface area contributed by atoms with Gasteiger partial charge in [0.15, 0.2) is 11.6 Å². The summed E-state index contributed by atoms with van der Waals surface area (Å²) in [5, 5.41) is 10.4. The van der Waals surface area contributed by atoms with Crippen molar-refractivity contribution in [1.82, 2.24) is 4.90 Å². The molecule has 88 valence electrons. The maximum absolute atomic E-state index is 13.1. The average molecular weight is 227 g/mol. The van der Waals surface area contributed by atoms with Crippen LogP contribution in [0.5, 0.6) is 0 Å². The molecule has 1 saturated heterocycles. The summed E-state index contributed by atoms with van der Waals surface area (Å²) in [6, 6.07) is 3.61. The van der Waals surface area contributed by atoms with E-state index in [4.69, 9.17) is 0 Å². The number of halogens is 2. The fourth-order valence-electron chi connectivity index (χ4n) is 2.27. The van der Waals surface area contributed by atoms with Gasteiger partial charge in [-0.3, -0.25) is 0 Å². The average Bonchev–Trinajstić information content (AvgIpc) is 2.21. The fraction of sp³-hybridized carbons (Fsp3) is 0.500. The molecule has 0 amide bonds. The van der Waals surface area contributed by atoms with Gasteiger partial charge in [0.1, 0.15) is 5.60 Å². The number of nitrogens with zero attached hydrogens (tertiary/aromatic N) is 1. The van der Waals surface area contributed by atoms with Gasteiger partial charge < -0.3 is 10.0 Å². The van der Waals surface area contributed by atoms with Crippen LogP contribution in [0.15, 0.2) is 18.2 Å². The molecule has 1 aliphatic heterocycles. The van der Waals surface area contributed by atoms with E-state index >= 15 is 0 Å². The van der Waals surface area contributed by atoms with Gasteiger partial charge in [-0.05, 0) is 44.1 Å². The Morgan fingerprint density at radius 2 is 2.06 bits per heavy atom. The van der Waals surface area contributed by atoms with Crippen molar-refractivity contribution in [3.05, 3.63) is 35.4 Å². The zero-order chi connectivity index (χ0) is 11.8. The second-order valence-corrected chi connectivity index (χ2v) is 4.50. The normalized spacial score (nSPS) is 27.0. The van der Waals surface area contributed by atoms with Crippen LogP contribution in [0.1, 0.15) is 18.4 Å². The van der Waals surface area contributed by atoms with Gasteiger partial charge in [-0.2, -0.15) is 0 Å². The Bertz CT molecular complexity index is 397. The Hall–Kier alpha value is -1.00. The number of rotatable bonds is 1. The minimum atomic E-state index is -1.05. The van der Waals surface area contributed by atoms with Crippen LogP contribution in [0.4, 0.5) is 8.78 Å². The van der Waals surface area contributed by atoms with Crippen molar-refractivity contribution in [2.45, 2.75) is 18.4 Å². The van der Waals surface area contributed by atoms with Crippen molar-refractivity contribution in [3.8, 4) is 0 Å². The summed E-state index contributed by atoms with van der Waals surface area (Å²) in [6.45, 7) is 1.38. The standard InChI is InChI=1S/C12H15F2NO/c1-15-6-2-5-12(16,8-15)9-3-4-10(13)11(14)7-9/h3-4,7,16H,2,5-6,8H2,1H3. The van der Waals surface area contributed by atoms with Crippen LogP contribution in [0.2, 0.25) is 0 Å². The lowest BCUT2D eigenvalue weighted by atomic mass is 9.86. The molecule has 1 aromatic carbocycles. The number of β-amino-alcohol motifs (C(OH)–C–C–N with tert-alkyl or cyclic N) is 1. The third-order valence-corrected chi connectivity index (χ3v) is 3.12. The maximum atomic E-state index is 13.1. The summed E-state index contributed by atoms with van der Waals surface area (Å²) in [4.78, 5) is 1.99. The summed E-state index contributed by atoms with van der Waals surface area (Å²) >= 11 is 0. The van der Waals surface area contributed by atoms with Gasteiger partial charge in [0, 0.05) is 6.54 Å². The zero-order valence-corrected chi connectivity index (χ0v) is 9.21. The van der Waals surface area contributed by atoms with Gasteiger partial charge in [0.2, 0.25) is 0 Å². The van der Waals surface area contributed by atoms with Crippen LogP contribution < -0.4 is 0 Å². The molecule has 1 aliphatic rings. The molecule has 16 heavy (non-hydrogen) atoms. The molecule has 4 heteroatoms. The van der Waals surface area contributed by atoms with Crippen LogP contribution in [-0.2, 0) is 5.60 Å². The van der Waals surface area contributed by atoms with Crippen molar-refractivity contribution in [3.63, 3.8) is 0 Å². The minimum absolute atomic E-state index is 0.456. The third-order valence-electron chi connectivity index (χ3n) is 3.12. The molecule has 0 radical (unpaired) electrons. The van der Waals surface area contributed by atoms with Crippen molar-refractivity contribution in [2.24, 2.45) is 0 Å². The largest absolute Gasteiger partial charge is 0.384 e. The summed E-state index contributed by atoms with van der Waals surface area (Å²) in [6.07, 6.45) is 1.44. The summed E-state index contributed by atoms with van der Waals surface area (Å²) in [7, 11) is 1.91. The highest BCUT2D eigenvalue weighted by Gasteiger charge is 2.34. The van der Waals surface area contributed by atoms with Gasteiger partial charge in [-0.25, -0.2) is 8.78 Å². The highest BCUT2D eigenvalue weighted by molar-refractivity contribution is 5.25. The molecular formula is C12H15F2NO. The smallest absolute Gasteiger partial charge is 0.159 e. The molecule has 1 fully saturated rings. The minimum Gasteiger partial charge on any atom is -0.384 e. The van der Waals surface area contributed by atoms with E-state index in [0.29, 0.717) is 18.5 Å². The van der Waals surface area contributed by atoms with Crippen molar-refractivity contribution < 1.29 is 13.9 Å². The maximum Gasteiger partial charge on any atom is 0.159 e. The molecule has 0 saturated carbocycles. The Labute approximate surface area is 93.5 Å². The Balaban J connectivity index is 2.31. The molecule has 1 heterocycles. The van der Waals surface area contributed by atoms with Crippen molar-refractivity contribution >= 4 is 0 Å². The molecule has 2 nitrogen and oxygen atoms in total. The number of likely N-dealkylation sites (tertiary alicyclic amines) is 1. The van der Waals surface area contributed by atoms with Crippen LogP contribution in [0.3, 0.4) is 0 Å². The monoisotopic (exact) mass is 227 g/mol. The molecule has 1 aromatic rings. The molecule has 1 unspecified atom stereocenters. The first-order valence-corrected chi connectivity index (χ1v) is 5.38. The van der Waals surface area contributed by atoms with E-state index < -0.39 is 17.2 Å². The molecular weight excluding hydrogens is 212 g/mol. The predicted octanol–water partition coefficient (Wildman–Crippen LogP) is 1.88. The first kappa shape index (κ1) is 11.5. The lowest BCUT2D eigenvalue weighted by Gasteiger charge is -2.37. The van der Waals surface area contributed by atoms with E-state index in [9.17, 15) is 13.9 Å². The summed E-state index contributed by atoms with van der Waals surface area (Å²) < 4.78 is 25.9. The van der Waals surface area contributed by atoms with Crippen LogP contribution in [0.25, 0.3) is 0 Å². The quantitative estimate of drug-likeness (QED) is 0.791. The first-order valence-electron chi connectivity index (χ1n) is 5.38. The van der Waals surface area contributed by atoms with Gasteiger partial charge in [0.25, 0.3) is 0 Å². The van der Waals surface area contributed by atoms with E-state index in [-0.39, 0.29) is 0 Å². The third kappa shape index (κ3) is 2.08. The fourth-order valence-corrected chi connectivity index (χ4v) is 2.27. The van der Waals surface area contributed by atoms with E-state index in [0.717, 1.165) is 25.1 Å². The molecule has 0 aromatic heterocycles. The lowest BCUT2D eigenvalue weighted by Crippen LogP contribution is -2.44. The number of piperidine rings is 1. The second-order valence-electron chi connectivity index (χ2n) is 4.50. The second kappa shape index (κ2) is 4.11. The molecule has 0 bridgehead atoms. The highest BCUT2D eigenvalue weighted by atomic mass is 19.2. The molecule has 0 aliphatic carbocycles. The zero-order valence-electron chi connectivity index (χ0n) is 9.21. The molecule has 2 rings (SSSR count). The van der Waals surface area contributed by atoms with E-state index in [2.05, 4.69) is 0 Å². The van der Waals surface area contributed by atoms with Crippen molar-refractivity contribution in [2.75, 3.05) is 20.1 Å². The molecule has 1 N–H and O–H groups in total. The van der Waals surface area contributed by atoms with Gasteiger partial charge in [-0.1, -0.05) is 6.07 Å². The summed E-state index contributed by atoms with van der Waals surface area (Å²) in [5.41, 5.74) is -0.598.